The highest BCUT2D eigenvalue weighted by molar-refractivity contribution is 7.84. The van der Waals surface area contributed by atoms with E-state index in [1.807, 2.05) is 6.92 Å². The summed E-state index contributed by atoms with van der Waals surface area (Å²) in [6.45, 7) is 2.58. The Bertz CT molecular complexity index is 409. The fraction of sp³-hybridized carbons (Fsp3) is 0.455. The molecule has 0 spiro atoms. The first-order valence-electron chi connectivity index (χ1n) is 5.45. The Kier molecular flexibility index (Phi) is 5.79. The third-order valence-corrected chi connectivity index (χ3v) is 3.53. The van der Waals surface area contributed by atoms with E-state index in [0.29, 0.717) is 35.9 Å². The van der Waals surface area contributed by atoms with E-state index in [-0.39, 0.29) is 5.91 Å². The van der Waals surface area contributed by atoms with Gasteiger partial charge in [-0.05, 0) is 12.1 Å². The third kappa shape index (κ3) is 4.62. The molecule has 0 aromatic carbocycles. The van der Waals surface area contributed by atoms with Crippen molar-refractivity contribution in [2.75, 3.05) is 18.1 Å². The third-order valence-electron chi connectivity index (χ3n) is 2.23. The standard InChI is InChI=1S/C11H17N3O2S/c1-2-17(16)6-5-14-11(15)9-3-4-13-10(7-9)8-12/h3-4,7H,2,5-6,8,12H2,1H3,(H,14,15). The molecule has 0 saturated heterocycles. The van der Waals surface area contributed by atoms with E-state index >= 15 is 0 Å². The molecule has 1 aromatic heterocycles. The zero-order valence-electron chi connectivity index (χ0n) is 9.81. The Morgan fingerprint density at radius 1 is 1.59 bits per heavy atom. The molecule has 6 heteroatoms. The van der Waals surface area contributed by atoms with Gasteiger partial charge in [0.15, 0.2) is 0 Å². The first-order chi connectivity index (χ1) is 8.17. The van der Waals surface area contributed by atoms with Crippen molar-refractivity contribution in [2.24, 2.45) is 5.73 Å². The highest BCUT2D eigenvalue weighted by Gasteiger charge is 2.06. The summed E-state index contributed by atoms with van der Waals surface area (Å²) >= 11 is 0. The molecule has 94 valence electrons. The van der Waals surface area contributed by atoms with Crippen LogP contribution in [0, 0.1) is 0 Å². The van der Waals surface area contributed by atoms with E-state index in [0.717, 1.165) is 0 Å². The normalized spacial score (nSPS) is 12.1. The topological polar surface area (TPSA) is 85.1 Å². The Morgan fingerprint density at radius 2 is 2.35 bits per heavy atom. The molecule has 1 amide bonds. The van der Waals surface area contributed by atoms with Crippen molar-refractivity contribution in [3.8, 4) is 0 Å². The number of carbonyl (C=O) groups is 1. The molecule has 17 heavy (non-hydrogen) atoms. The molecule has 1 atom stereocenters. The van der Waals surface area contributed by atoms with E-state index in [9.17, 15) is 9.00 Å². The molecule has 0 aliphatic heterocycles. The summed E-state index contributed by atoms with van der Waals surface area (Å²) in [5.41, 5.74) is 6.65. The number of nitrogens with two attached hydrogens (primary N) is 1. The molecule has 0 aliphatic carbocycles. The molecule has 5 nitrogen and oxygen atoms in total. The van der Waals surface area contributed by atoms with Crippen molar-refractivity contribution >= 4 is 16.7 Å². The minimum atomic E-state index is -0.853. The van der Waals surface area contributed by atoms with Gasteiger partial charge in [-0.3, -0.25) is 14.0 Å². The fourth-order valence-electron chi connectivity index (χ4n) is 1.26. The number of amides is 1. The van der Waals surface area contributed by atoms with E-state index in [4.69, 9.17) is 5.73 Å². The van der Waals surface area contributed by atoms with Crippen LogP contribution in [0.5, 0.6) is 0 Å². The average molecular weight is 255 g/mol. The Hall–Kier alpha value is -1.27. The smallest absolute Gasteiger partial charge is 0.251 e. The van der Waals surface area contributed by atoms with E-state index < -0.39 is 10.8 Å². The lowest BCUT2D eigenvalue weighted by atomic mass is 10.2. The summed E-state index contributed by atoms with van der Waals surface area (Å²) in [6.07, 6.45) is 1.56. The number of rotatable bonds is 6. The van der Waals surface area contributed by atoms with E-state index in [1.165, 1.54) is 0 Å². The molecule has 1 heterocycles. The van der Waals surface area contributed by atoms with E-state index in [2.05, 4.69) is 10.3 Å². The zero-order chi connectivity index (χ0) is 12.7. The minimum absolute atomic E-state index is 0.185. The van der Waals surface area contributed by atoms with Crippen molar-refractivity contribution < 1.29 is 9.00 Å². The van der Waals surface area contributed by atoms with Crippen molar-refractivity contribution in [3.05, 3.63) is 29.6 Å². The van der Waals surface area contributed by atoms with Crippen LogP contribution in [0.25, 0.3) is 0 Å². The maximum absolute atomic E-state index is 11.7. The van der Waals surface area contributed by atoms with Gasteiger partial charge in [-0.1, -0.05) is 6.92 Å². The summed E-state index contributed by atoms with van der Waals surface area (Å²) in [7, 11) is -0.853. The zero-order valence-corrected chi connectivity index (χ0v) is 10.6. The molecule has 0 fully saturated rings. The molecule has 0 aliphatic rings. The average Bonchev–Trinajstić information content (AvgIpc) is 2.38. The fourth-order valence-corrected chi connectivity index (χ4v) is 1.87. The van der Waals surface area contributed by atoms with Crippen LogP contribution < -0.4 is 11.1 Å². The van der Waals surface area contributed by atoms with Crippen LogP contribution in [0.3, 0.4) is 0 Å². The van der Waals surface area contributed by atoms with Crippen LogP contribution in [0.1, 0.15) is 23.0 Å². The van der Waals surface area contributed by atoms with Crippen LogP contribution in [-0.2, 0) is 17.3 Å². The molecule has 0 bridgehead atoms. The summed E-state index contributed by atoms with van der Waals surface area (Å²) in [6, 6.07) is 3.29. The van der Waals surface area contributed by atoms with Crippen LogP contribution in [0.15, 0.2) is 18.3 Å². The first-order valence-corrected chi connectivity index (χ1v) is 6.94. The number of pyridine rings is 1. The highest BCUT2D eigenvalue weighted by Crippen LogP contribution is 2.00. The van der Waals surface area contributed by atoms with Crippen LogP contribution in [-0.4, -0.2) is 33.2 Å². The molecule has 0 saturated carbocycles. The highest BCUT2D eigenvalue weighted by atomic mass is 32.2. The Balaban J connectivity index is 2.49. The SMILES string of the molecule is CCS(=O)CCNC(=O)c1ccnc(CN)c1. The maximum atomic E-state index is 11.7. The van der Waals surface area contributed by atoms with Crippen LogP contribution in [0.2, 0.25) is 0 Å². The molecular weight excluding hydrogens is 238 g/mol. The van der Waals surface area contributed by atoms with Crippen molar-refractivity contribution in [3.63, 3.8) is 0 Å². The summed E-state index contributed by atoms with van der Waals surface area (Å²) < 4.78 is 11.2. The molecule has 1 rings (SSSR count). The van der Waals surface area contributed by atoms with Gasteiger partial charge in [0.1, 0.15) is 0 Å². The number of carbonyl (C=O) groups excluding carboxylic acids is 1. The summed E-state index contributed by atoms with van der Waals surface area (Å²) in [4.78, 5) is 15.7. The van der Waals surface area contributed by atoms with Crippen molar-refractivity contribution in [1.82, 2.24) is 10.3 Å². The second-order valence-electron chi connectivity index (χ2n) is 3.43. The Morgan fingerprint density at radius 3 is 3.00 bits per heavy atom. The van der Waals surface area contributed by atoms with Gasteiger partial charge in [-0.2, -0.15) is 0 Å². The lowest BCUT2D eigenvalue weighted by Crippen LogP contribution is -2.28. The predicted molar refractivity (Wildman–Crippen MR) is 68.0 cm³/mol. The number of aromatic nitrogens is 1. The quantitative estimate of drug-likeness (QED) is 0.751. The van der Waals surface area contributed by atoms with Gasteiger partial charge in [-0.15, -0.1) is 0 Å². The second-order valence-corrected chi connectivity index (χ2v) is 5.29. The van der Waals surface area contributed by atoms with Gasteiger partial charge in [0, 0.05) is 47.2 Å². The van der Waals surface area contributed by atoms with Crippen molar-refractivity contribution in [1.29, 1.82) is 0 Å². The molecule has 1 unspecified atom stereocenters. The molecule has 3 N–H and O–H groups in total. The van der Waals surface area contributed by atoms with Crippen LogP contribution in [0.4, 0.5) is 0 Å². The summed E-state index contributed by atoms with van der Waals surface area (Å²) in [5, 5.41) is 2.71. The van der Waals surface area contributed by atoms with Gasteiger partial charge < -0.3 is 11.1 Å². The molecular formula is C11H17N3O2S. The lowest BCUT2D eigenvalue weighted by molar-refractivity contribution is 0.0956. The van der Waals surface area contributed by atoms with Crippen LogP contribution >= 0.6 is 0 Å². The van der Waals surface area contributed by atoms with E-state index in [1.54, 1.807) is 18.3 Å². The predicted octanol–water partition coefficient (Wildman–Crippen LogP) is 0.0387. The first kappa shape index (κ1) is 13.8. The van der Waals surface area contributed by atoms with Gasteiger partial charge in [0.05, 0.1) is 5.69 Å². The number of nitrogens with zero attached hydrogens (tertiary/aromatic N) is 1. The number of hydrogen-bond donors (Lipinski definition) is 2. The Labute approximate surface area is 103 Å². The van der Waals surface area contributed by atoms with Crippen molar-refractivity contribution in [2.45, 2.75) is 13.5 Å². The number of hydrogen-bond acceptors (Lipinski definition) is 4. The van der Waals surface area contributed by atoms with Gasteiger partial charge in [-0.25, -0.2) is 0 Å². The second kappa shape index (κ2) is 7.13. The largest absolute Gasteiger partial charge is 0.351 e. The summed E-state index contributed by atoms with van der Waals surface area (Å²) in [5.74, 6) is 0.912. The minimum Gasteiger partial charge on any atom is -0.351 e. The van der Waals surface area contributed by atoms with Gasteiger partial charge in [0.2, 0.25) is 0 Å². The lowest BCUT2D eigenvalue weighted by Gasteiger charge is -2.05. The van der Waals surface area contributed by atoms with Gasteiger partial charge in [0.25, 0.3) is 5.91 Å². The van der Waals surface area contributed by atoms with Gasteiger partial charge >= 0.3 is 0 Å². The molecule has 1 aromatic rings. The maximum Gasteiger partial charge on any atom is 0.251 e. The number of nitrogens with one attached hydrogen (secondary N) is 1. The molecule has 0 radical (unpaired) electrons. The monoisotopic (exact) mass is 255 g/mol.